The molecule has 0 N–H and O–H groups in total. The van der Waals surface area contributed by atoms with Crippen LogP contribution in [0.5, 0.6) is 0 Å². The summed E-state index contributed by atoms with van der Waals surface area (Å²) >= 11 is 0. The third-order valence-corrected chi connectivity index (χ3v) is 9.08. The van der Waals surface area contributed by atoms with E-state index in [0.29, 0.717) is 5.56 Å². The second-order valence-corrected chi connectivity index (χ2v) is 13.7. The Labute approximate surface area is 272 Å². The maximum Gasteiger partial charge on any atom is 0.126 e. The molecule has 0 unspecified atom stereocenters. The van der Waals surface area contributed by atoms with Gasteiger partial charge in [-0.15, -0.1) is 0 Å². The molecule has 5 aromatic rings. The molecule has 0 radical (unpaired) electrons. The van der Waals surface area contributed by atoms with Crippen LogP contribution in [0.1, 0.15) is 112 Å². The number of aliphatic imine (C=N–C) groups is 2. The SMILES string of the molecule is CC(C)c1cccc(C(C)C)c1N=C1C(=Nc2c(C(C)C)cccc2C(C)C)c2ccc(-c3cc(F)cc(F)c3)c3cccc1c23. The van der Waals surface area contributed by atoms with E-state index in [2.05, 4.69) is 104 Å². The van der Waals surface area contributed by atoms with Gasteiger partial charge in [0.05, 0.1) is 22.8 Å². The Bertz CT molecular complexity index is 1870. The van der Waals surface area contributed by atoms with Crippen molar-refractivity contribution in [2.24, 2.45) is 9.98 Å². The second-order valence-electron chi connectivity index (χ2n) is 13.7. The number of hydrogen-bond acceptors (Lipinski definition) is 2. The van der Waals surface area contributed by atoms with Crippen LogP contribution < -0.4 is 0 Å². The average molecular weight is 613 g/mol. The first kappa shape index (κ1) is 31.5. The lowest BCUT2D eigenvalue weighted by Gasteiger charge is -2.19. The molecule has 0 aromatic heterocycles. The molecule has 6 rings (SSSR count). The molecular weight excluding hydrogens is 570 g/mol. The molecule has 0 heterocycles. The Balaban J connectivity index is 1.73. The van der Waals surface area contributed by atoms with E-state index in [1.807, 2.05) is 18.2 Å². The van der Waals surface area contributed by atoms with E-state index in [0.717, 1.165) is 56.3 Å². The number of rotatable bonds is 7. The summed E-state index contributed by atoms with van der Waals surface area (Å²) in [6.45, 7) is 17.7. The van der Waals surface area contributed by atoms with Gasteiger partial charge >= 0.3 is 0 Å². The first-order valence-corrected chi connectivity index (χ1v) is 16.4. The summed E-state index contributed by atoms with van der Waals surface area (Å²) in [6.07, 6.45) is 0. The van der Waals surface area contributed by atoms with Crippen LogP contribution in [0.15, 0.2) is 94.9 Å². The van der Waals surface area contributed by atoms with Crippen molar-refractivity contribution in [1.29, 1.82) is 0 Å². The Morgan fingerprint density at radius 3 is 1.28 bits per heavy atom. The minimum absolute atomic E-state index is 0.279. The minimum atomic E-state index is -0.597. The van der Waals surface area contributed by atoms with Crippen LogP contribution in [-0.4, -0.2) is 11.4 Å². The van der Waals surface area contributed by atoms with Gasteiger partial charge in [-0.1, -0.05) is 122 Å². The van der Waals surface area contributed by atoms with Crippen molar-refractivity contribution in [3.05, 3.63) is 130 Å². The standard InChI is InChI=1S/C42H42F2N2/c1-23(2)30-12-9-13-31(24(3)4)39(30)45-41-36-17-11-16-35-34(27-20-28(43)22-29(44)21-27)18-19-37(38(35)36)42(41)46-40-32(25(5)6)14-10-15-33(40)26(7)8/h9-26H,1-8H3. The molecule has 0 saturated heterocycles. The van der Waals surface area contributed by atoms with Gasteiger partial charge in [-0.3, -0.25) is 0 Å². The van der Waals surface area contributed by atoms with Crippen molar-refractivity contribution in [1.82, 2.24) is 0 Å². The average Bonchev–Trinajstić information content (AvgIpc) is 3.29. The maximum atomic E-state index is 14.4. The highest BCUT2D eigenvalue weighted by Crippen LogP contribution is 2.43. The number of halogens is 2. The first-order chi connectivity index (χ1) is 22.0. The van der Waals surface area contributed by atoms with Crippen LogP contribution in [0.2, 0.25) is 0 Å². The topological polar surface area (TPSA) is 24.7 Å². The Kier molecular flexibility index (Phi) is 8.50. The zero-order chi connectivity index (χ0) is 32.9. The molecule has 0 fully saturated rings. The fourth-order valence-corrected chi connectivity index (χ4v) is 6.75. The van der Waals surface area contributed by atoms with Crippen molar-refractivity contribution in [3.8, 4) is 11.1 Å². The molecule has 0 bridgehead atoms. The molecule has 5 aromatic carbocycles. The summed E-state index contributed by atoms with van der Waals surface area (Å²) in [7, 11) is 0. The van der Waals surface area contributed by atoms with E-state index in [4.69, 9.17) is 9.98 Å². The van der Waals surface area contributed by atoms with Crippen LogP contribution in [0.3, 0.4) is 0 Å². The highest BCUT2D eigenvalue weighted by Gasteiger charge is 2.30. The molecule has 46 heavy (non-hydrogen) atoms. The van der Waals surface area contributed by atoms with Crippen molar-refractivity contribution >= 4 is 33.6 Å². The number of hydrogen-bond donors (Lipinski definition) is 0. The first-order valence-electron chi connectivity index (χ1n) is 16.4. The molecule has 1 aliphatic carbocycles. The van der Waals surface area contributed by atoms with Crippen LogP contribution in [-0.2, 0) is 0 Å². The van der Waals surface area contributed by atoms with Crippen molar-refractivity contribution < 1.29 is 8.78 Å². The van der Waals surface area contributed by atoms with Crippen molar-refractivity contribution in [2.75, 3.05) is 0 Å². The van der Waals surface area contributed by atoms with Crippen LogP contribution in [0.4, 0.5) is 20.2 Å². The van der Waals surface area contributed by atoms with E-state index < -0.39 is 11.6 Å². The van der Waals surface area contributed by atoms with Gasteiger partial charge in [0.2, 0.25) is 0 Å². The van der Waals surface area contributed by atoms with Gasteiger partial charge in [-0.2, -0.15) is 0 Å². The fourth-order valence-electron chi connectivity index (χ4n) is 6.75. The molecule has 234 valence electrons. The quantitative estimate of drug-likeness (QED) is 0.175. The number of para-hydroxylation sites is 2. The monoisotopic (exact) mass is 612 g/mol. The van der Waals surface area contributed by atoms with Gasteiger partial charge < -0.3 is 0 Å². The Morgan fingerprint density at radius 2 is 0.848 bits per heavy atom. The summed E-state index contributed by atoms with van der Waals surface area (Å²) in [5.74, 6) is -0.0756. The predicted molar refractivity (Wildman–Crippen MR) is 191 cm³/mol. The minimum Gasteiger partial charge on any atom is -0.245 e. The molecule has 2 nitrogen and oxygen atoms in total. The van der Waals surface area contributed by atoms with Gasteiger partial charge in [0, 0.05) is 22.6 Å². The summed E-state index contributed by atoms with van der Waals surface area (Å²) in [6, 6.07) is 26.8. The van der Waals surface area contributed by atoms with Crippen LogP contribution in [0, 0.1) is 11.6 Å². The third-order valence-electron chi connectivity index (χ3n) is 9.08. The van der Waals surface area contributed by atoms with Gasteiger partial charge in [0.1, 0.15) is 11.6 Å². The molecule has 0 amide bonds. The normalized spacial score (nSPS) is 14.7. The maximum absolute atomic E-state index is 14.4. The summed E-state index contributed by atoms with van der Waals surface area (Å²) < 4.78 is 28.9. The van der Waals surface area contributed by atoms with Gasteiger partial charge in [-0.05, 0) is 74.6 Å². The summed E-state index contributed by atoms with van der Waals surface area (Å²) in [4.78, 5) is 11.1. The Hall–Kier alpha value is -4.44. The lowest BCUT2D eigenvalue weighted by atomic mass is 9.92. The zero-order valence-corrected chi connectivity index (χ0v) is 28.0. The predicted octanol–water partition coefficient (Wildman–Crippen LogP) is 12.5. The fraction of sp³-hybridized carbons (Fsp3) is 0.286. The molecule has 4 heteroatoms. The highest BCUT2D eigenvalue weighted by atomic mass is 19.1. The largest absolute Gasteiger partial charge is 0.245 e. The van der Waals surface area contributed by atoms with E-state index in [1.165, 1.54) is 34.4 Å². The summed E-state index contributed by atoms with van der Waals surface area (Å²) in [5.41, 5.74) is 11.7. The molecule has 0 atom stereocenters. The second kappa shape index (κ2) is 12.4. The zero-order valence-electron chi connectivity index (χ0n) is 28.0. The van der Waals surface area contributed by atoms with E-state index in [9.17, 15) is 8.78 Å². The third kappa shape index (κ3) is 5.59. The lowest BCUT2D eigenvalue weighted by molar-refractivity contribution is 0.584. The molecule has 1 aliphatic rings. The smallest absolute Gasteiger partial charge is 0.126 e. The van der Waals surface area contributed by atoms with E-state index in [-0.39, 0.29) is 23.7 Å². The number of benzene rings is 5. The van der Waals surface area contributed by atoms with Crippen molar-refractivity contribution in [3.63, 3.8) is 0 Å². The number of nitrogens with zero attached hydrogens (tertiary/aromatic N) is 2. The Morgan fingerprint density at radius 1 is 0.457 bits per heavy atom. The van der Waals surface area contributed by atoms with Gasteiger partial charge in [0.25, 0.3) is 0 Å². The lowest BCUT2D eigenvalue weighted by Crippen LogP contribution is -2.12. The van der Waals surface area contributed by atoms with Gasteiger partial charge in [0.15, 0.2) is 0 Å². The van der Waals surface area contributed by atoms with Crippen LogP contribution in [0.25, 0.3) is 21.9 Å². The van der Waals surface area contributed by atoms with Crippen LogP contribution >= 0.6 is 0 Å². The molecule has 0 aliphatic heterocycles. The molecular formula is C42H42F2N2. The molecule has 0 saturated carbocycles. The highest BCUT2D eigenvalue weighted by molar-refractivity contribution is 6.61. The summed E-state index contributed by atoms with van der Waals surface area (Å²) in [5, 5.41) is 1.92. The van der Waals surface area contributed by atoms with Crippen molar-refractivity contribution in [2.45, 2.75) is 79.1 Å². The van der Waals surface area contributed by atoms with E-state index in [1.54, 1.807) is 0 Å². The molecule has 0 spiro atoms. The van der Waals surface area contributed by atoms with Gasteiger partial charge in [-0.25, -0.2) is 18.8 Å². The van der Waals surface area contributed by atoms with E-state index >= 15 is 0 Å².